The minimum atomic E-state index is -1.22. The fourth-order valence-electron chi connectivity index (χ4n) is 2.76. The van der Waals surface area contributed by atoms with Gasteiger partial charge in [-0.25, -0.2) is 0 Å². The zero-order chi connectivity index (χ0) is 18.5. The van der Waals surface area contributed by atoms with E-state index in [0.29, 0.717) is 5.69 Å². The third-order valence-corrected chi connectivity index (χ3v) is 4.74. The number of carbonyl (C=O) groups is 2. The van der Waals surface area contributed by atoms with Gasteiger partial charge in [-0.3, -0.25) is 9.59 Å². The molecule has 1 aliphatic rings. The molecule has 26 heavy (non-hydrogen) atoms. The molecule has 0 radical (unpaired) electrons. The second kappa shape index (κ2) is 8.16. The van der Waals surface area contributed by atoms with Gasteiger partial charge >= 0.3 is 0 Å². The molecule has 3 rings (SSSR count). The summed E-state index contributed by atoms with van der Waals surface area (Å²) in [7, 11) is 0. The number of benzene rings is 2. The second-order valence-corrected chi connectivity index (χ2v) is 6.99. The summed E-state index contributed by atoms with van der Waals surface area (Å²) in [6.07, 6.45) is 3.34. The van der Waals surface area contributed by atoms with E-state index in [4.69, 9.17) is 16.9 Å². The van der Waals surface area contributed by atoms with Gasteiger partial charge in [-0.1, -0.05) is 35.9 Å². The van der Waals surface area contributed by atoms with Gasteiger partial charge in [-0.15, -0.1) is 0 Å². The number of carbonyl (C=O) groups excluding carboxylic acids is 2. The highest BCUT2D eigenvalue weighted by Crippen LogP contribution is 2.32. The lowest BCUT2D eigenvalue weighted by Crippen LogP contribution is -2.29. The number of nitrogens with zero attached hydrogens (tertiary/aromatic N) is 1. The van der Waals surface area contributed by atoms with Crippen molar-refractivity contribution in [3.63, 3.8) is 0 Å². The molecule has 0 saturated heterocycles. The van der Waals surface area contributed by atoms with E-state index in [0.717, 1.165) is 36.3 Å². The number of aryl methyl sites for hydroxylation is 2. The molecule has 0 spiro atoms. The van der Waals surface area contributed by atoms with Gasteiger partial charge in [0.15, 0.2) is 11.7 Å². The highest BCUT2D eigenvalue weighted by Gasteiger charge is 2.38. The van der Waals surface area contributed by atoms with Gasteiger partial charge in [0, 0.05) is 16.6 Å². The lowest BCUT2D eigenvalue weighted by molar-refractivity contribution is -0.129. The van der Waals surface area contributed by atoms with Gasteiger partial charge in [0.2, 0.25) is 5.91 Å². The van der Waals surface area contributed by atoms with Crippen LogP contribution in [0.4, 0.5) is 5.69 Å². The average molecular weight is 367 g/mol. The summed E-state index contributed by atoms with van der Waals surface area (Å²) in [6.45, 7) is 0. The number of hydrogen-bond donors (Lipinski definition) is 1. The summed E-state index contributed by atoms with van der Waals surface area (Å²) < 4.78 is 0. The fraction of sp³-hybridized carbons (Fsp3) is 0.286. The number of Topliss-reactive ketones (excluding diaryl/α,β-unsaturated/α-hetero) is 1. The predicted octanol–water partition coefficient (Wildman–Crippen LogP) is 4.18. The Labute approximate surface area is 157 Å². The summed E-state index contributed by atoms with van der Waals surface area (Å²) >= 11 is 5.88. The summed E-state index contributed by atoms with van der Waals surface area (Å²) in [6, 6.07) is 17.1. The van der Waals surface area contributed by atoms with E-state index in [2.05, 4.69) is 5.32 Å². The van der Waals surface area contributed by atoms with Crippen molar-refractivity contribution in [2.24, 2.45) is 11.8 Å². The van der Waals surface area contributed by atoms with Crippen LogP contribution in [0.5, 0.6) is 0 Å². The normalized spacial score (nSPS) is 14.3. The van der Waals surface area contributed by atoms with Gasteiger partial charge in [-0.05, 0) is 61.1 Å². The van der Waals surface area contributed by atoms with Crippen molar-refractivity contribution in [2.75, 3.05) is 5.32 Å². The van der Waals surface area contributed by atoms with Crippen LogP contribution in [0.2, 0.25) is 5.02 Å². The van der Waals surface area contributed by atoms with Crippen LogP contribution in [-0.4, -0.2) is 11.7 Å². The Morgan fingerprint density at radius 3 is 2.08 bits per heavy atom. The van der Waals surface area contributed by atoms with E-state index < -0.39 is 11.8 Å². The highest BCUT2D eigenvalue weighted by molar-refractivity contribution is 6.30. The molecule has 1 fully saturated rings. The first-order valence-corrected chi connectivity index (χ1v) is 9.02. The van der Waals surface area contributed by atoms with Crippen LogP contribution in [0.3, 0.4) is 0 Å². The first kappa shape index (κ1) is 18.2. The maximum atomic E-state index is 12.2. The Morgan fingerprint density at radius 2 is 1.58 bits per heavy atom. The third kappa shape index (κ3) is 4.71. The van der Waals surface area contributed by atoms with Gasteiger partial charge in [-0.2, -0.15) is 5.26 Å². The van der Waals surface area contributed by atoms with Crippen molar-refractivity contribution in [2.45, 2.75) is 25.7 Å². The molecule has 2 aromatic rings. The first-order chi connectivity index (χ1) is 12.6. The molecule has 5 heteroatoms. The Balaban J connectivity index is 1.55. The van der Waals surface area contributed by atoms with E-state index in [1.165, 1.54) is 5.56 Å². The first-order valence-electron chi connectivity index (χ1n) is 8.64. The van der Waals surface area contributed by atoms with Crippen LogP contribution in [0.1, 0.15) is 24.0 Å². The van der Waals surface area contributed by atoms with E-state index in [9.17, 15) is 9.59 Å². The molecular weight excluding hydrogens is 348 g/mol. The second-order valence-electron chi connectivity index (χ2n) is 6.55. The molecule has 1 N–H and O–H groups in total. The van der Waals surface area contributed by atoms with Crippen molar-refractivity contribution in [3.05, 3.63) is 64.7 Å². The highest BCUT2D eigenvalue weighted by atomic mass is 35.5. The molecule has 1 aliphatic carbocycles. The van der Waals surface area contributed by atoms with E-state index in [1.807, 2.05) is 42.5 Å². The molecule has 1 amide bonds. The largest absolute Gasteiger partial charge is 0.325 e. The number of amides is 1. The smallest absolute Gasteiger partial charge is 0.249 e. The van der Waals surface area contributed by atoms with Crippen molar-refractivity contribution in [1.82, 2.24) is 0 Å². The minimum absolute atomic E-state index is 0.111. The standard InChI is InChI=1S/C21H19ClN2O2/c22-17-9-3-14(4-10-17)1-2-15-5-11-18(12-6-15)24-21(26)19(13-23)20(25)16-7-8-16/h3-6,9-12,16,19H,1-2,7-8H2,(H,24,26). The zero-order valence-corrected chi connectivity index (χ0v) is 15.0. The SMILES string of the molecule is N#CC(C(=O)Nc1ccc(CCc2ccc(Cl)cc2)cc1)C(=O)C1CC1. The quantitative estimate of drug-likeness (QED) is 0.747. The van der Waals surface area contributed by atoms with Crippen LogP contribution in [0.15, 0.2) is 48.5 Å². The molecule has 0 aromatic heterocycles. The predicted molar refractivity (Wildman–Crippen MR) is 101 cm³/mol. The Kier molecular flexibility index (Phi) is 5.70. The lowest BCUT2D eigenvalue weighted by Gasteiger charge is -2.10. The fourth-order valence-corrected chi connectivity index (χ4v) is 2.89. The monoisotopic (exact) mass is 366 g/mol. The Morgan fingerprint density at radius 1 is 1.04 bits per heavy atom. The third-order valence-electron chi connectivity index (χ3n) is 4.49. The van der Waals surface area contributed by atoms with Crippen LogP contribution in [-0.2, 0) is 22.4 Å². The summed E-state index contributed by atoms with van der Waals surface area (Å²) in [5.74, 6) is -2.13. The van der Waals surface area contributed by atoms with Crippen molar-refractivity contribution in [3.8, 4) is 6.07 Å². The maximum Gasteiger partial charge on any atom is 0.249 e. The summed E-state index contributed by atoms with van der Waals surface area (Å²) in [5, 5.41) is 12.5. The molecular formula is C21H19ClN2O2. The van der Waals surface area contributed by atoms with Crippen LogP contribution >= 0.6 is 11.6 Å². The molecule has 0 bridgehead atoms. The van der Waals surface area contributed by atoms with Gasteiger partial charge in [0.05, 0.1) is 6.07 Å². The lowest BCUT2D eigenvalue weighted by atomic mass is 10.0. The van der Waals surface area contributed by atoms with Crippen LogP contribution in [0, 0.1) is 23.2 Å². The Bertz CT molecular complexity index is 834. The van der Waals surface area contributed by atoms with Gasteiger partial charge in [0.25, 0.3) is 0 Å². The van der Waals surface area contributed by atoms with E-state index in [-0.39, 0.29) is 11.7 Å². The molecule has 2 aromatic carbocycles. The number of hydrogen-bond acceptors (Lipinski definition) is 3. The molecule has 1 unspecified atom stereocenters. The Hall–Kier alpha value is -2.64. The number of rotatable bonds is 7. The molecule has 1 saturated carbocycles. The molecule has 132 valence electrons. The van der Waals surface area contributed by atoms with Gasteiger partial charge < -0.3 is 5.32 Å². The molecule has 0 aliphatic heterocycles. The van der Waals surface area contributed by atoms with E-state index >= 15 is 0 Å². The van der Waals surface area contributed by atoms with E-state index in [1.54, 1.807) is 12.1 Å². The molecule has 4 nitrogen and oxygen atoms in total. The number of ketones is 1. The minimum Gasteiger partial charge on any atom is -0.325 e. The van der Waals surface area contributed by atoms with Gasteiger partial charge in [0.1, 0.15) is 0 Å². The average Bonchev–Trinajstić information content (AvgIpc) is 3.48. The summed E-state index contributed by atoms with van der Waals surface area (Å²) in [4.78, 5) is 24.1. The van der Waals surface area contributed by atoms with Crippen LogP contribution in [0.25, 0.3) is 0 Å². The van der Waals surface area contributed by atoms with Crippen LogP contribution < -0.4 is 5.32 Å². The number of nitrogens with one attached hydrogen (secondary N) is 1. The maximum absolute atomic E-state index is 12.2. The topological polar surface area (TPSA) is 70.0 Å². The van der Waals surface area contributed by atoms with Crippen molar-refractivity contribution in [1.29, 1.82) is 5.26 Å². The molecule has 1 atom stereocenters. The zero-order valence-electron chi connectivity index (χ0n) is 14.2. The number of anilines is 1. The van der Waals surface area contributed by atoms with Crippen molar-refractivity contribution < 1.29 is 9.59 Å². The summed E-state index contributed by atoms with van der Waals surface area (Å²) in [5.41, 5.74) is 2.94. The number of halogens is 1. The number of nitriles is 1. The molecule has 0 heterocycles. The van der Waals surface area contributed by atoms with Crippen molar-refractivity contribution >= 4 is 29.0 Å².